The molecule has 0 heterocycles. The molecule has 5 nitrogen and oxygen atoms in total. The number of hydrogen-bond donors (Lipinski definition) is 2. The molecule has 0 radical (unpaired) electrons. The molecule has 0 fully saturated rings. The Morgan fingerprint density at radius 2 is 2.05 bits per heavy atom. The minimum atomic E-state index is -0.772. The van der Waals surface area contributed by atoms with Crippen molar-refractivity contribution < 1.29 is 14.3 Å². The Kier molecular flexibility index (Phi) is 6.49. The Labute approximate surface area is 126 Å². The highest BCUT2D eigenvalue weighted by atomic mass is 16.5. The maximum absolute atomic E-state index is 11.6. The Morgan fingerprint density at radius 3 is 2.62 bits per heavy atom. The summed E-state index contributed by atoms with van der Waals surface area (Å²) < 4.78 is 11.3. The molecule has 1 aromatic carbocycles. The average Bonchev–Trinajstić information content (AvgIpc) is 2.39. The fourth-order valence-corrected chi connectivity index (χ4v) is 2.30. The lowest BCUT2D eigenvalue weighted by Gasteiger charge is -2.30. The van der Waals surface area contributed by atoms with E-state index in [1.165, 1.54) is 0 Å². The number of amides is 1. The largest absolute Gasteiger partial charge is 0.494 e. The van der Waals surface area contributed by atoms with Crippen molar-refractivity contribution in [2.45, 2.75) is 45.8 Å². The normalized spacial score (nSPS) is 15.0. The van der Waals surface area contributed by atoms with Gasteiger partial charge in [-0.2, -0.15) is 0 Å². The van der Waals surface area contributed by atoms with Gasteiger partial charge in [0.2, 0.25) is 5.91 Å². The van der Waals surface area contributed by atoms with Gasteiger partial charge in [0.25, 0.3) is 0 Å². The summed E-state index contributed by atoms with van der Waals surface area (Å²) >= 11 is 0. The molecule has 1 aromatic rings. The molecule has 3 N–H and O–H groups in total. The quantitative estimate of drug-likeness (QED) is 0.731. The van der Waals surface area contributed by atoms with Gasteiger partial charge in [-0.05, 0) is 39.4 Å². The van der Waals surface area contributed by atoms with E-state index >= 15 is 0 Å². The molecule has 0 saturated heterocycles. The van der Waals surface area contributed by atoms with Crippen LogP contribution >= 0.6 is 0 Å². The first-order chi connectivity index (χ1) is 9.91. The fraction of sp³-hybridized carbons (Fsp3) is 0.562. The van der Waals surface area contributed by atoms with Gasteiger partial charge in [-0.25, -0.2) is 0 Å². The zero-order valence-electron chi connectivity index (χ0n) is 13.3. The van der Waals surface area contributed by atoms with Crippen molar-refractivity contribution in [3.63, 3.8) is 0 Å². The van der Waals surface area contributed by atoms with Crippen LogP contribution in [0.5, 0.6) is 11.5 Å². The summed E-state index contributed by atoms with van der Waals surface area (Å²) in [5.74, 6) is 1.12. The zero-order chi connectivity index (χ0) is 15.9. The maximum Gasteiger partial charge on any atom is 0.237 e. The highest BCUT2D eigenvalue weighted by Crippen LogP contribution is 2.22. The number of ether oxygens (including phenoxy) is 2. The number of carbonyl (C=O) groups excluding carboxylic acids is 1. The van der Waals surface area contributed by atoms with Gasteiger partial charge in [0.05, 0.1) is 18.2 Å². The van der Waals surface area contributed by atoms with E-state index in [-0.39, 0.29) is 12.0 Å². The van der Waals surface area contributed by atoms with Gasteiger partial charge in [0, 0.05) is 12.5 Å². The molecule has 1 rings (SSSR count). The predicted molar refractivity (Wildman–Crippen MR) is 83.6 cm³/mol. The lowest BCUT2D eigenvalue weighted by atomic mass is 9.94. The second-order valence-electron chi connectivity index (χ2n) is 5.27. The first-order valence-corrected chi connectivity index (χ1v) is 7.35. The second-order valence-corrected chi connectivity index (χ2v) is 5.27. The molecule has 118 valence electrons. The number of hydrogen-bond acceptors (Lipinski definition) is 4. The average molecular weight is 294 g/mol. The van der Waals surface area contributed by atoms with E-state index in [9.17, 15) is 4.79 Å². The fourth-order valence-electron chi connectivity index (χ4n) is 2.30. The molecule has 0 spiro atoms. The van der Waals surface area contributed by atoms with Crippen LogP contribution in [0.2, 0.25) is 0 Å². The van der Waals surface area contributed by atoms with Gasteiger partial charge in [-0.15, -0.1) is 0 Å². The molecule has 0 aliphatic rings. The number of nitrogens with two attached hydrogens (primary N) is 1. The molecule has 5 heteroatoms. The van der Waals surface area contributed by atoms with Crippen molar-refractivity contribution in [3.05, 3.63) is 24.3 Å². The lowest BCUT2D eigenvalue weighted by molar-refractivity contribution is -0.124. The molecule has 21 heavy (non-hydrogen) atoms. The van der Waals surface area contributed by atoms with Crippen LogP contribution in [-0.4, -0.2) is 30.7 Å². The van der Waals surface area contributed by atoms with E-state index in [0.717, 1.165) is 11.5 Å². The van der Waals surface area contributed by atoms with Crippen LogP contribution in [0.25, 0.3) is 0 Å². The van der Waals surface area contributed by atoms with E-state index in [1.54, 1.807) is 6.92 Å². The van der Waals surface area contributed by atoms with E-state index in [2.05, 4.69) is 5.32 Å². The van der Waals surface area contributed by atoms with Crippen LogP contribution in [0, 0.1) is 0 Å². The predicted octanol–water partition coefficient (Wildman–Crippen LogP) is 2.10. The molecule has 1 amide bonds. The Hall–Kier alpha value is -1.75. The molecule has 0 saturated carbocycles. The topological polar surface area (TPSA) is 73.6 Å². The number of primary amides is 1. The summed E-state index contributed by atoms with van der Waals surface area (Å²) in [7, 11) is 0. The molecular weight excluding hydrogens is 268 g/mol. The monoisotopic (exact) mass is 294 g/mol. The summed E-state index contributed by atoms with van der Waals surface area (Å²) in [6.07, 6.45) is 0.341. The summed E-state index contributed by atoms with van der Waals surface area (Å²) in [5, 5.41) is 3.13. The first-order valence-electron chi connectivity index (χ1n) is 7.35. The van der Waals surface area contributed by atoms with Crippen molar-refractivity contribution in [3.8, 4) is 11.5 Å². The molecule has 0 aliphatic carbocycles. The van der Waals surface area contributed by atoms with E-state index in [0.29, 0.717) is 19.6 Å². The minimum Gasteiger partial charge on any atom is -0.494 e. The third kappa shape index (κ3) is 5.27. The van der Waals surface area contributed by atoms with Crippen molar-refractivity contribution in [2.75, 3.05) is 13.2 Å². The van der Waals surface area contributed by atoms with Gasteiger partial charge in [0.1, 0.15) is 11.5 Å². The minimum absolute atomic E-state index is 0.154. The summed E-state index contributed by atoms with van der Waals surface area (Å²) in [6.45, 7) is 8.88. The van der Waals surface area contributed by atoms with E-state index in [4.69, 9.17) is 15.2 Å². The standard InChI is InChI=1S/C16H26N2O3/c1-5-18-16(4,15(17)19)11-12(3)21-14-9-7-8-13(10-14)20-6-2/h7-10,12,18H,5-6,11H2,1-4H3,(H2,17,19). The maximum atomic E-state index is 11.6. The molecule has 0 aromatic heterocycles. The highest BCUT2D eigenvalue weighted by molar-refractivity contribution is 5.84. The van der Waals surface area contributed by atoms with Crippen LogP contribution in [0.3, 0.4) is 0 Å². The second kappa shape index (κ2) is 7.88. The van der Waals surface area contributed by atoms with E-state index < -0.39 is 5.54 Å². The molecule has 0 aliphatic heterocycles. The Morgan fingerprint density at radius 1 is 1.38 bits per heavy atom. The van der Waals surface area contributed by atoms with Crippen molar-refractivity contribution in [1.82, 2.24) is 5.32 Å². The van der Waals surface area contributed by atoms with Gasteiger partial charge < -0.3 is 20.5 Å². The molecule has 2 unspecified atom stereocenters. The number of rotatable bonds is 9. The highest BCUT2D eigenvalue weighted by Gasteiger charge is 2.32. The Bertz CT molecular complexity index is 465. The van der Waals surface area contributed by atoms with Gasteiger partial charge in [-0.1, -0.05) is 13.0 Å². The third-order valence-corrected chi connectivity index (χ3v) is 3.26. The van der Waals surface area contributed by atoms with Crippen LogP contribution in [-0.2, 0) is 4.79 Å². The van der Waals surface area contributed by atoms with Crippen molar-refractivity contribution in [1.29, 1.82) is 0 Å². The first kappa shape index (κ1) is 17.3. The van der Waals surface area contributed by atoms with Gasteiger partial charge in [-0.3, -0.25) is 4.79 Å². The summed E-state index contributed by atoms with van der Waals surface area (Å²) in [4.78, 5) is 11.6. The van der Waals surface area contributed by atoms with Crippen LogP contribution < -0.4 is 20.5 Å². The van der Waals surface area contributed by atoms with Gasteiger partial charge in [0.15, 0.2) is 0 Å². The molecule has 2 atom stereocenters. The van der Waals surface area contributed by atoms with Crippen molar-refractivity contribution in [2.24, 2.45) is 5.73 Å². The summed E-state index contributed by atoms with van der Waals surface area (Å²) in [5.41, 5.74) is 4.71. The molecular formula is C16H26N2O3. The molecule has 0 bridgehead atoms. The number of likely N-dealkylation sites (N-methyl/N-ethyl adjacent to an activating group) is 1. The third-order valence-electron chi connectivity index (χ3n) is 3.26. The zero-order valence-corrected chi connectivity index (χ0v) is 13.3. The Balaban J connectivity index is 2.69. The smallest absolute Gasteiger partial charge is 0.237 e. The van der Waals surface area contributed by atoms with Crippen LogP contribution in [0.4, 0.5) is 0 Å². The van der Waals surface area contributed by atoms with Gasteiger partial charge >= 0.3 is 0 Å². The van der Waals surface area contributed by atoms with E-state index in [1.807, 2.05) is 45.0 Å². The van der Waals surface area contributed by atoms with Crippen molar-refractivity contribution >= 4 is 5.91 Å². The lowest BCUT2D eigenvalue weighted by Crippen LogP contribution is -2.55. The summed E-state index contributed by atoms with van der Waals surface area (Å²) in [6, 6.07) is 7.47. The number of carbonyl (C=O) groups is 1. The number of nitrogens with one attached hydrogen (secondary N) is 1. The SMILES string of the molecule is CCNC(C)(CC(C)Oc1cccc(OCC)c1)C(N)=O. The van der Waals surface area contributed by atoms with Crippen LogP contribution in [0.1, 0.15) is 34.1 Å². The number of benzene rings is 1. The van der Waals surface area contributed by atoms with Crippen LogP contribution in [0.15, 0.2) is 24.3 Å².